The Morgan fingerprint density at radius 1 is 0.800 bits per heavy atom. The first-order chi connectivity index (χ1) is 6.71. The van der Waals surface area contributed by atoms with E-state index < -0.39 is 35.7 Å². The molecule has 0 aliphatic carbocycles. The highest BCUT2D eigenvalue weighted by Gasteiger charge is 2.58. The summed E-state index contributed by atoms with van der Waals surface area (Å²) in [5.74, 6) is 0. The van der Waals surface area contributed by atoms with E-state index in [2.05, 4.69) is 4.74 Å². The zero-order chi connectivity index (χ0) is 11.4. The minimum Gasteiger partial charge on any atom is -0.366 e. The molecule has 1 nitrogen and oxygen atoms in total. The summed E-state index contributed by atoms with van der Waals surface area (Å²) in [6.45, 7) is 0. The van der Waals surface area contributed by atoms with Crippen molar-refractivity contribution in [1.82, 2.24) is 0 Å². The number of ether oxygens (including phenoxy) is 1. The topological polar surface area (TPSA) is 9.23 Å². The molecule has 0 aromatic carbocycles. The summed E-state index contributed by atoms with van der Waals surface area (Å²) in [6, 6.07) is 0. The van der Waals surface area contributed by atoms with Crippen LogP contribution in [-0.2, 0) is 4.74 Å². The van der Waals surface area contributed by atoms with Crippen LogP contribution in [0, 0.1) is 0 Å². The number of hydrogen-bond donors (Lipinski definition) is 0. The van der Waals surface area contributed by atoms with Crippen molar-refractivity contribution in [2.45, 2.75) is 37.4 Å². The highest BCUT2D eigenvalue weighted by Crippen LogP contribution is 2.51. The molecule has 2 aliphatic heterocycles. The quantitative estimate of drug-likeness (QED) is 0.461. The van der Waals surface area contributed by atoms with E-state index in [0.717, 1.165) is 0 Å². The monoisotopic (exact) mass is 232 g/mol. The summed E-state index contributed by atoms with van der Waals surface area (Å²) >= 11 is 0. The smallest absolute Gasteiger partial charge is 0.366 e. The van der Waals surface area contributed by atoms with Gasteiger partial charge in [0.2, 0.25) is 0 Å². The van der Waals surface area contributed by atoms with E-state index in [4.69, 9.17) is 0 Å². The first kappa shape index (κ1) is 10.8. The third-order valence-corrected chi connectivity index (χ3v) is 2.56. The van der Waals surface area contributed by atoms with Gasteiger partial charge in [0.15, 0.2) is 0 Å². The van der Waals surface area contributed by atoms with Crippen molar-refractivity contribution in [3.63, 3.8) is 0 Å². The van der Waals surface area contributed by atoms with Crippen LogP contribution in [0.4, 0.5) is 26.3 Å². The maximum atomic E-state index is 12.4. The summed E-state index contributed by atoms with van der Waals surface area (Å²) in [5.41, 5.74) is -3.07. The van der Waals surface area contributed by atoms with Gasteiger partial charge in [-0.05, 0) is 12.8 Å². The van der Waals surface area contributed by atoms with Gasteiger partial charge in [-0.1, -0.05) is 0 Å². The van der Waals surface area contributed by atoms with Crippen molar-refractivity contribution >= 4 is 0 Å². The van der Waals surface area contributed by atoms with Crippen molar-refractivity contribution < 1.29 is 31.1 Å². The van der Waals surface area contributed by atoms with Gasteiger partial charge in [0.05, 0.1) is 23.4 Å². The van der Waals surface area contributed by atoms with Crippen LogP contribution in [0.1, 0.15) is 12.8 Å². The maximum absolute atomic E-state index is 12.4. The van der Waals surface area contributed by atoms with Crippen molar-refractivity contribution in [3.05, 3.63) is 11.1 Å². The molecule has 0 spiro atoms. The summed E-state index contributed by atoms with van der Waals surface area (Å²) in [7, 11) is 0. The second kappa shape index (κ2) is 2.90. The predicted octanol–water partition coefficient (Wildman–Crippen LogP) is 2.97. The maximum Gasteiger partial charge on any atom is 0.415 e. The highest BCUT2D eigenvalue weighted by molar-refractivity contribution is 5.36. The molecule has 0 aromatic rings. The van der Waals surface area contributed by atoms with Crippen molar-refractivity contribution in [1.29, 1.82) is 0 Å². The largest absolute Gasteiger partial charge is 0.415 e. The Hall–Kier alpha value is -0.720. The van der Waals surface area contributed by atoms with Crippen LogP contribution >= 0.6 is 0 Å². The van der Waals surface area contributed by atoms with Gasteiger partial charge >= 0.3 is 12.4 Å². The number of halogens is 6. The predicted molar refractivity (Wildman–Crippen MR) is 37.0 cm³/mol. The first-order valence-corrected chi connectivity index (χ1v) is 4.25. The molecular formula is C8H6F6O. The van der Waals surface area contributed by atoms with Gasteiger partial charge in [-0.2, -0.15) is 26.3 Å². The van der Waals surface area contributed by atoms with E-state index in [1.54, 1.807) is 0 Å². The van der Waals surface area contributed by atoms with E-state index in [0.29, 0.717) is 0 Å². The van der Waals surface area contributed by atoms with Crippen LogP contribution in [0.3, 0.4) is 0 Å². The molecule has 0 amide bonds. The number of rotatable bonds is 0. The molecule has 15 heavy (non-hydrogen) atoms. The standard InChI is InChI=1S/C8H6F6O/c9-7(10,11)5-3-1-2-4(15-3)6(5)8(12,13)14/h3-4H,1-2H2. The molecular weight excluding hydrogens is 226 g/mol. The van der Waals surface area contributed by atoms with Crippen molar-refractivity contribution in [2.24, 2.45) is 0 Å². The van der Waals surface area contributed by atoms with E-state index in [1.807, 2.05) is 0 Å². The fourth-order valence-corrected chi connectivity index (χ4v) is 2.08. The van der Waals surface area contributed by atoms with Crippen LogP contribution in [0.2, 0.25) is 0 Å². The Labute approximate surface area is 80.7 Å². The molecule has 0 N–H and O–H groups in total. The lowest BCUT2D eigenvalue weighted by Gasteiger charge is -2.20. The van der Waals surface area contributed by atoms with Crippen molar-refractivity contribution in [2.75, 3.05) is 0 Å². The molecule has 1 fully saturated rings. The lowest BCUT2D eigenvalue weighted by Crippen LogP contribution is -2.29. The molecule has 2 aliphatic rings. The molecule has 7 heteroatoms. The fraction of sp³-hybridized carbons (Fsp3) is 0.750. The Balaban J connectivity index is 2.49. The lowest BCUT2D eigenvalue weighted by atomic mass is 9.91. The van der Waals surface area contributed by atoms with Crippen LogP contribution < -0.4 is 0 Å². The molecule has 0 aromatic heterocycles. The number of hydrogen-bond acceptors (Lipinski definition) is 1. The van der Waals surface area contributed by atoms with Gasteiger partial charge < -0.3 is 4.74 Å². The van der Waals surface area contributed by atoms with Gasteiger partial charge in [-0.15, -0.1) is 0 Å². The average Bonchev–Trinajstić information content (AvgIpc) is 2.56. The fourth-order valence-electron chi connectivity index (χ4n) is 2.08. The Bertz CT molecular complexity index is 282. The summed E-state index contributed by atoms with van der Waals surface area (Å²) < 4.78 is 78.8. The van der Waals surface area contributed by atoms with Crippen LogP contribution in [0.25, 0.3) is 0 Å². The average molecular weight is 232 g/mol. The normalized spacial score (nSPS) is 31.6. The molecule has 0 radical (unpaired) electrons. The molecule has 2 heterocycles. The van der Waals surface area contributed by atoms with Crippen LogP contribution in [0.5, 0.6) is 0 Å². The molecule has 2 atom stereocenters. The molecule has 2 unspecified atom stereocenters. The minimum absolute atomic E-state index is 0.0130. The molecule has 86 valence electrons. The van der Waals surface area contributed by atoms with E-state index in [9.17, 15) is 26.3 Å². The second-order valence-corrected chi connectivity index (χ2v) is 3.51. The first-order valence-electron chi connectivity index (χ1n) is 4.25. The van der Waals surface area contributed by atoms with E-state index in [-0.39, 0.29) is 12.8 Å². The SMILES string of the molecule is FC(F)(F)C1=C(C(F)(F)F)C2CCC1O2. The van der Waals surface area contributed by atoms with Gasteiger partial charge in [0.1, 0.15) is 0 Å². The zero-order valence-corrected chi connectivity index (χ0v) is 7.24. The Morgan fingerprint density at radius 3 is 1.40 bits per heavy atom. The van der Waals surface area contributed by atoms with Gasteiger partial charge in [-0.3, -0.25) is 0 Å². The van der Waals surface area contributed by atoms with Gasteiger partial charge in [0, 0.05) is 0 Å². The highest BCUT2D eigenvalue weighted by atomic mass is 19.4. The molecule has 1 saturated heterocycles. The van der Waals surface area contributed by atoms with Crippen molar-refractivity contribution in [3.8, 4) is 0 Å². The van der Waals surface area contributed by atoms with Gasteiger partial charge in [0.25, 0.3) is 0 Å². The van der Waals surface area contributed by atoms with E-state index >= 15 is 0 Å². The second-order valence-electron chi connectivity index (χ2n) is 3.51. The Kier molecular flexibility index (Phi) is 2.09. The van der Waals surface area contributed by atoms with Crippen LogP contribution in [-0.4, -0.2) is 24.6 Å². The Morgan fingerprint density at radius 2 is 1.13 bits per heavy atom. The summed E-state index contributed by atoms with van der Waals surface area (Å²) in [6.07, 6.45) is -12.7. The summed E-state index contributed by atoms with van der Waals surface area (Å²) in [4.78, 5) is 0. The lowest BCUT2D eigenvalue weighted by molar-refractivity contribution is -0.118. The molecule has 2 rings (SSSR count). The number of fused-ring (bicyclic) bond motifs is 2. The van der Waals surface area contributed by atoms with Crippen LogP contribution in [0.15, 0.2) is 11.1 Å². The third-order valence-electron chi connectivity index (χ3n) is 2.56. The zero-order valence-electron chi connectivity index (χ0n) is 7.24. The van der Waals surface area contributed by atoms with Gasteiger partial charge in [-0.25, -0.2) is 0 Å². The summed E-state index contributed by atoms with van der Waals surface area (Å²) in [5, 5.41) is 0. The third kappa shape index (κ3) is 1.62. The molecule has 0 saturated carbocycles. The van der Waals surface area contributed by atoms with E-state index in [1.165, 1.54) is 0 Å². The molecule has 2 bridgehead atoms. The number of alkyl halides is 6. The minimum atomic E-state index is -4.95.